The largest absolute Gasteiger partial charge is 0.490 e. The molecule has 0 aromatic heterocycles. The molecule has 0 spiro atoms. The molecule has 1 N–H and O–H groups in total. The molecule has 6 nitrogen and oxygen atoms in total. The number of nitrogens with zero attached hydrogens (tertiary/aromatic N) is 1. The summed E-state index contributed by atoms with van der Waals surface area (Å²) in [6.45, 7) is 4.64. The Morgan fingerprint density at radius 3 is 2.52 bits per heavy atom. The molecule has 130 valence electrons. The lowest BCUT2D eigenvalue weighted by atomic mass is 10.2. The van der Waals surface area contributed by atoms with Crippen LogP contribution in [0.5, 0.6) is 17.2 Å². The molecule has 0 radical (unpaired) electrons. The van der Waals surface area contributed by atoms with E-state index in [9.17, 15) is 4.79 Å². The minimum Gasteiger partial charge on any atom is -0.490 e. The zero-order valence-electron chi connectivity index (χ0n) is 14.2. The number of ether oxygens (including phenoxy) is 3. The molecule has 2 rings (SSSR count). The van der Waals surface area contributed by atoms with Crippen LogP contribution in [0, 0.1) is 11.3 Å². The summed E-state index contributed by atoms with van der Waals surface area (Å²) in [5.74, 6) is 1.36. The molecule has 0 saturated carbocycles. The van der Waals surface area contributed by atoms with Crippen molar-refractivity contribution in [3.63, 3.8) is 0 Å². The van der Waals surface area contributed by atoms with Gasteiger partial charge in [-0.1, -0.05) is 6.07 Å². The topological polar surface area (TPSA) is 80.6 Å². The predicted octanol–water partition coefficient (Wildman–Crippen LogP) is 3.37. The van der Waals surface area contributed by atoms with Gasteiger partial charge in [0, 0.05) is 11.8 Å². The average Bonchev–Trinajstić information content (AvgIpc) is 2.63. The molecule has 0 fully saturated rings. The lowest BCUT2D eigenvalue weighted by Crippen LogP contribution is -2.20. The third-order valence-electron chi connectivity index (χ3n) is 3.16. The van der Waals surface area contributed by atoms with E-state index in [1.54, 1.807) is 42.5 Å². The van der Waals surface area contributed by atoms with Crippen molar-refractivity contribution in [2.24, 2.45) is 0 Å². The second-order valence-corrected chi connectivity index (χ2v) is 5.00. The SMILES string of the molecule is CCOc1ccc(NC(=O)COc2cccc(C#N)c2)cc1OCC. The van der Waals surface area contributed by atoms with Crippen LogP contribution in [0.3, 0.4) is 0 Å². The lowest BCUT2D eigenvalue weighted by Gasteiger charge is -2.13. The van der Waals surface area contributed by atoms with Crippen LogP contribution in [0.2, 0.25) is 0 Å². The summed E-state index contributed by atoms with van der Waals surface area (Å²) in [5, 5.41) is 11.6. The highest BCUT2D eigenvalue weighted by Gasteiger charge is 2.09. The molecule has 25 heavy (non-hydrogen) atoms. The number of anilines is 1. The Morgan fingerprint density at radius 2 is 1.80 bits per heavy atom. The molecule has 2 aromatic rings. The monoisotopic (exact) mass is 340 g/mol. The van der Waals surface area contributed by atoms with Gasteiger partial charge in [-0.3, -0.25) is 4.79 Å². The van der Waals surface area contributed by atoms with Gasteiger partial charge in [0.25, 0.3) is 5.91 Å². The fraction of sp³-hybridized carbons (Fsp3) is 0.263. The molecule has 0 saturated heterocycles. The fourth-order valence-electron chi connectivity index (χ4n) is 2.13. The van der Waals surface area contributed by atoms with Crippen LogP contribution in [0.25, 0.3) is 0 Å². The number of nitriles is 1. The van der Waals surface area contributed by atoms with Crippen molar-refractivity contribution in [1.82, 2.24) is 0 Å². The summed E-state index contributed by atoms with van der Waals surface area (Å²) in [6.07, 6.45) is 0. The normalized spacial score (nSPS) is 9.80. The van der Waals surface area contributed by atoms with Crippen LogP contribution in [-0.4, -0.2) is 25.7 Å². The molecule has 0 aliphatic carbocycles. The molecule has 0 unspecified atom stereocenters. The molecular weight excluding hydrogens is 320 g/mol. The Kier molecular flexibility index (Phi) is 6.66. The van der Waals surface area contributed by atoms with Crippen molar-refractivity contribution in [2.75, 3.05) is 25.1 Å². The van der Waals surface area contributed by atoms with E-state index in [2.05, 4.69) is 5.32 Å². The van der Waals surface area contributed by atoms with Crippen molar-refractivity contribution in [2.45, 2.75) is 13.8 Å². The van der Waals surface area contributed by atoms with Crippen molar-refractivity contribution in [3.8, 4) is 23.3 Å². The first-order chi connectivity index (χ1) is 12.2. The van der Waals surface area contributed by atoms with Crippen LogP contribution >= 0.6 is 0 Å². The smallest absolute Gasteiger partial charge is 0.262 e. The van der Waals surface area contributed by atoms with Gasteiger partial charge in [-0.2, -0.15) is 5.26 Å². The minimum absolute atomic E-state index is 0.161. The van der Waals surface area contributed by atoms with E-state index in [1.165, 1.54) is 0 Å². The highest BCUT2D eigenvalue weighted by Crippen LogP contribution is 2.30. The quantitative estimate of drug-likeness (QED) is 0.797. The van der Waals surface area contributed by atoms with E-state index < -0.39 is 0 Å². The van der Waals surface area contributed by atoms with Gasteiger partial charge >= 0.3 is 0 Å². The molecule has 0 aliphatic rings. The lowest BCUT2D eigenvalue weighted by molar-refractivity contribution is -0.118. The maximum Gasteiger partial charge on any atom is 0.262 e. The van der Waals surface area contributed by atoms with Crippen molar-refractivity contribution in [1.29, 1.82) is 5.26 Å². The first kappa shape index (κ1) is 18.1. The van der Waals surface area contributed by atoms with Crippen molar-refractivity contribution in [3.05, 3.63) is 48.0 Å². The molecule has 6 heteroatoms. The summed E-state index contributed by atoms with van der Waals surface area (Å²) in [7, 11) is 0. The Morgan fingerprint density at radius 1 is 1.04 bits per heavy atom. The van der Waals surface area contributed by atoms with E-state index in [-0.39, 0.29) is 12.5 Å². The molecule has 0 atom stereocenters. The minimum atomic E-state index is -0.311. The number of hydrogen-bond donors (Lipinski definition) is 1. The molecule has 0 bridgehead atoms. The van der Waals surface area contributed by atoms with Gasteiger partial charge in [0.2, 0.25) is 0 Å². The number of amides is 1. The zero-order chi connectivity index (χ0) is 18.1. The maximum atomic E-state index is 12.0. The third-order valence-corrected chi connectivity index (χ3v) is 3.16. The van der Waals surface area contributed by atoms with Crippen molar-refractivity contribution >= 4 is 11.6 Å². The van der Waals surface area contributed by atoms with E-state index in [4.69, 9.17) is 19.5 Å². The number of nitrogens with one attached hydrogen (secondary N) is 1. The highest BCUT2D eigenvalue weighted by atomic mass is 16.5. The van der Waals surface area contributed by atoms with Gasteiger partial charge in [0.1, 0.15) is 5.75 Å². The standard InChI is InChI=1S/C19H20N2O4/c1-3-23-17-9-8-15(11-18(17)24-4-2)21-19(22)13-25-16-7-5-6-14(10-16)12-20/h5-11H,3-4,13H2,1-2H3,(H,21,22). The van der Waals surface area contributed by atoms with Crippen LogP contribution in [0.15, 0.2) is 42.5 Å². The molecular formula is C19H20N2O4. The first-order valence-electron chi connectivity index (χ1n) is 7.98. The number of benzene rings is 2. The number of carbonyl (C=O) groups excluding carboxylic acids is 1. The molecule has 2 aromatic carbocycles. The van der Waals surface area contributed by atoms with E-state index in [1.807, 2.05) is 19.9 Å². The van der Waals surface area contributed by atoms with E-state index in [0.29, 0.717) is 41.7 Å². The van der Waals surface area contributed by atoms with Crippen LogP contribution in [-0.2, 0) is 4.79 Å². The zero-order valence-corrected chi connectivity index (χ0v) is 14.2. The summed E-state index contributed by atoms with van der Waals surface area (Å²) < 4.78 is 16.4. The Hall–Kier alpha value is -3.20. The molecule has 0 aliphatic heterocycles. The molecule has 0 heterocycles. The van der Waals surface area contributed by atoms with Crippen LogP contribution in [0.1, 0.15) is 19.4 Å². The van der Waals surface area contributed by atoms with Crippen LogP contribution < -0.4 is 19.5 Å². The third kappa shape index (κ3) is 5.43. The summed E-state index contributed by atoms with van der Waals surface area (Å²) in [4.78, 5) is 12.0. The van der Waals surface area contributed by atoms with E-state index in [0.717, 1.165) is 0 Å². The fourth-order valence-corrected chi connectivity index (χ4v) is 2.13. The summed E-state index contributed by atoms with van der Waals surface area (Å²) in [6, 6.07) is 13.9. The first-order valence-corrected chi connectivity index (χ1v) is 7.98. The summed E-state index contributed by atoms with van der Waals surface area (Å²) in [5.41, 5.74) is 1.07. The Bertz CT molecular complexity index is 768. The van der Waals surface area contributed by atoms with Crippen LogP contribution in [0.4, 0.5) is 5.69 Å². The van der Waals surface area contributed by atoms with Crippen molar-refractivity contribution < 1.29 is 19.0 Å². The molecule has 1 amide bonds. The number of rotatable bonds is 8. The van der Waals surface area contributed by atoms with Gasteiger partial charge in [-0.15, -0.1) is 0 Å². The second-order valence-electron chi connectivity index (χ2n) is 5.00. The second kappa shape index (κ2) is 9.18. The Labute approximate surface area is 146 Å². The highest BCUT2D eigenvalue weighted by molar-refractivity contribution is 5.92. The van der Waals surface area contributed by atoms with Gasteiger partial charge in [-0.25, -0.2) is 0 Å². The van der Waals surface area contributed by atoms with Gasteiger partial charge in [-0.05, 0) is 44.2 Å². The maximum absolute atomic E-state index is 12.0. The predicted molar refractivity (Wildman–Crippen MR) is 94.1 cm³/mol. The van der Waals surface area contributed by atoms with Gasteiger partial charge in [0.05, 0.1) is 24.8 Å². The van der Waals surface area contributed by atoms with Gasteiger partial charge in [0.15, 0.2) is 18.1 Å². The van der Waals surface area contributed by atoms with E-state index >= 15 is 0 Å². The number of carbonyl (C=O) groups is 1. The number of hydrogen-bond acceptors (Lipinski definition) is 5. The average molecular weight is 340 g/mol. The Balaban J connectivity index is 1.97. The summed E-state index contributed by atoms with van der Waals surface area (Å²) >= 11 is 0. The van der Waals surface area contributed by atoms with Gasteiger partial charge < -0.3 is 19.5 Å².